The molecular weight excluding hydrogens is 402 g/mol. The van der Waals surface area contributed by atoms with Gasteiger partial charge in [-0.05, 0) is 38.7 Å². The highest BCUT2D eigenvalue weighted by molar-refractivity contribution is 7.14. The zero-order chi connectivity index (χ0) is 21.1. The third-order valence-electron chi connectivity index (χ3n) is 5.42. The molecule has 1 fully saturated rings. The second-order valence-corrected chi connectivity index (χ2v) is 9.38. The highest BCUT2D eigenvalue weighted by Gasteiger charge is 2.32. The number of rotatable bonds is 7. The zero-order valence-corrected chi connectivity index (χ0v) is 18.1. The smallest absolute Gasteiger partial charge is 0.270 e. The standard InChI is InChI=1S/C22H27N3O4S/c1-22(2)10-15-8-5-9-17(19(15)29-22)28-12-18(26)25-21-24-16(13-30-21)20(27)23-11-14-6-3-4-7-14/h5,8-9,13-14H,3-4,6-7,10-12H2,1-2H3,(H,23,27)(H,24,25,26). The third-order valence-corrected chi connectivity index (χ3v) is 6.18. The maximum Gasteiger partial charge on any atom is 0.270 e. The lowest BCUT2D eigenvalue weighted by Gasteiger charge is -2.18. The largest absolute Gasteiger partial charge is 0.483 e. The van der Waals surface area contributed by atoms with Crippen molar-refractivity contribution in [2.45, 2.75) is 51.6 Å². The number of fused-ring (bicyclic) bond motifs is 1. The molecular formula is C22H27N3O4S. The molecule has 0 bridgehead atoms. The number of thiazole rings is 1. The first kappa shape index (κ1) is 20.7. The molecule has 1 saturated carbocycles. The number of nitrogens with one attached hydrogen (secondary N) is 2. The average molecular weight is 430 g/mol. The Bertz CT molecular complexity index is 934. The highest BCUT2D eigenvalue weighted by Crippen LogP contribution is 2.41. The number of aromatic nitrogens is 1. The summed E-state index contributed by atoms with van der Waals surface area (Å²) in [4.78, 5) is 28.8. The van der Waals surface area contributed by atoms with Crippen LogP contribution in [0.5, 0.6) is 11.5 Å². The Balaban J connectivity index is 1.27. The van der Waals surface area contributed by atoms with Crippen LogP contribution >= 0.6 is 11.3 Å². The number of nitrogens with zero attached hydrogens (tertiary/aromatic N) is 1. The lowest BCUT2D eigenvalue weighted by molar-refractivity contribution is -0.118. The third kappa shape index (κ3) is 4.92. The number of anilines is 1. The van der Waals surface area contributed by atoms with Crippen molar-refractivity contribution >= 4 is 28.3 Å². The van der Waals surface area contributed by atoms with Crippen molar-refractivity contribution in [3.8, 4) is 11.5 Å². The second kappa shape index (κ2) is 8.63. The van der Waals surface area contributed by atoms with Gasteiger partial charge in [0.15, 0.2) is 23.2 Å². The summed E-state index contributed by atoms with van der Waals surface area (Å²) in [6.07, 6.45) is 5.63. The molecule has 160 valence electrons. The van der Waals surface area contributed by atoms with Gasteiger partial charge >= 0.3 is 0 Å². The number of carbonyl (C=O) groups is 2. The predicted molar refractivity (Wildman–Crippen MR) is 115 cm³/mol. The van der Waals surface area contributed by atoms with E-state index >= 15 is 0 Å². The van der Waals surface area contributed by atoms with E-state index in [0.29, 0.717) is 34.8 Å². The SMILES string of the molecule is CC1(C)Cc2cccc(OCC(=O)Nc3nc(C(=O)NCC4CCCC4)cs3)c2O1. The van der Waals surface area contributed by atoms with E-state index in [1.54, 1.807) is 11.4 Å². The lowest BCUT2D eigenvalue weighted by Crippen LogP contribution is -2.28. The van der Waals surface area contributed by atoms with Gasteiger partial charge in [-0.15, -0.1) is 11.3 Å². The molecule has 8 heteroatoms. The molecule has 2 aromatic rings. The van der Waals surface area contributed by atoms with Crippen LogP contribution in [0.4, 0.5) is 5.13 Å². The quantitative estimate of drug-likeness (QED) is 0.699. The molecule has 2 heterocycles. The highest BCUT2D eigenvalue weighted by atomic mass is 32.1. The van der Waals surface area contributed by atoms with E-state index in [0.717, 1.165) is 12.0 Å². The van der Waals surface area contributed by atoms with Crippen molar-refractivity contribution in [1.29, 1.82) is 0 Å². The van der Waals surface area contributed by atoms with Crippen LogP contribution in [-0.2, 0) is 11.2 Å². The fraction of sp³-hybridized carbons (Fsp3) is 0.500. The molecule has 1 aliphatic heterocycles. The van der Waals surface area contributed by atoms with Crippen LogP contribution in [0.1, 0.15) is 55.6 Å². The van der Waals surface area contributed by atoms with Gasteiger partial charge in [-0.3, -0.25) is 14.9 Å². The van der Waals surface area contributed by atoms with Crippen LogP contribution in [0.25, 0.3) is 0 Å². The minimum atomic E-state index is -0.336. The van der Waals surface area contributed by atoms with Crippen molar-refractivity contribution in [2.24, 2.45) is 5.92 Å². The molecule has 30 heavy (non-hydrogen) atoms. The molecule has 2 aliphatic rings. The molecule has 7 nitrogen and oxygen atoms in total. The van der Waals surface area contributed by atoms with Crippen molar-refractivity contribution in [3.05, 3.63) is 34.8 Å². The van der Waals surface area contributed by atoms with E-state index in [4.69, 9.17) is 9.47 Å². The number of para-hydroxylation sites is 1. The minimum Gasteiger partial charge on any atom is -0.483 e. The Morgan fingerprint density at radius 1 is 1.30 bits per heavy atom. The zero-order valence-electron chi connectivity index (χ0n) is 17.3. The van der Waals surface area contributed by atoms with Gasteiger partial charge in [-0.25, -0.2) is 4.98 Å². The van der Waals surface area contributed by atoms with Crippen molar-refractivity contribution < 1.29 is 19.1 Å². The van der Waals surface area contributed by atoms with Crippen LogP contribution in [-0.4, -0.2) is 35.6 Å². The van der Waals surface area contributed by atoms with Gasteiger partial charge in [-0.1, -0.05) is 25.0 Å². The van der Waals surface area contributed by atoms with Crippen molar-refractivity contribution in [2.75, 3.05) is 18.5 Å². The van der Waals surface area contributed by atoms with Crippen LogP contribution in [0.15, 0.2) is 23.6 Å². The molecule has 2 amide bonds. The lowest BCUT2D eigenvalue weighted by atomic mass is 10.0. The molecule has 1 aliphatic carbocycles. The Morgan fingerprint density at radius 3 is 2.90 bits per heavy atom. The molecule has 0 spiro atoms. The number of hydrogen-bond acceptors (Lipinski definition) is 6. The second-order valence-electron chi connectivity index (χ2n) is 8.52. The van der Waals surface area contributed by atoms with Gasteiger partial charge in [0.25, 0.3) is 11.8 Å². The van der Waals surface area contributed by atoms with Gasteiger partial charge in [0.2, 0.25) is 0 Å². The fourth-order valence-corrected chi connectivity index (χ4v) is 4.68. The number of ether oxygens (including phenoxy) is 2. The Kier molecular flexibility index (Phi) is 5.94. The van der Waals surface area contributed by atoms with Crippen LogP contribution in [0.3, 0.4) is 0 Å². The summed E-state index contributed by atoms with van der Waals surface area (Å²) >= 11 is 1.22. The molecule has 2 N–H and O–H groups in total. The molecule has 1 aromatic carbocycles. The summed E-state index contributed by atoms with van der Waals surface area (Å²) in [5.41, 5.74) is 1.12. The van der Waals surface area contributed by atoms with E-state index in [-0.39, 0.29) is 24.0 Å². The number of hydrogen-bond donors (Lipinski definition) is 2. The maximum atomic E-state index is 12.3. The molecule has 0 unspecified atom stereocenters. The molecule has 0 atom stereocenters. The van der Waals surface area contributed by atoms with Crippen LogP contribution in [0, 0.1) is 5.92 Å². The van der Waals surface area contributed by atoms with Crippen LogP contribution in [0.2, 0.25) is 0 Å². The minimum absolute atomic E-state index is 0.164. The number of amides is 2. The van der Waals surface area contributed by atoms with E-state index in [9.17, 15) is 9.59 Å². The van der Waals surface area contributed by atoms with Gasteiger partial charge in [-0.2, -0.15) is 0 Å². The van der Waals surface area contributed by atoms with Crippen LogP contribution < -0.4 is 20.1 Å². The summed E-state index contributed by atoms with van der Waals surface area (Å²) < 4.78 is 11.6. The molecule has 0 radical (unpaired) electrons. The average Bonchev–Trinajstić information content (AvgIpc) is 3.43. The Labute approximate surface area is 180 Å². The molecule has 1 aromatic heterocycles. The van der Waals surface area contributed by atoms with Gasteiger partial charge in [0, 0.05) is 23.9 Å². The number of carbonyl (C=O) groups excluding carboxylic acids is 2. The Morgan fingerprint density at radius 2 is 2.10 bits per heavy atom. The number of benzene rings is 1. The molecule has 4 rings (SSSR count). The molecule has 0 saturated heterocycles. The van der Waals surface area contributed by atoms with Gasteiger partial charge in [0.05, 0.1) is 0 Å². The van der Waals surface area contributed by atoms with Gasteiger partial charge in [0.1, 0.15) is 11.3 Å². The monoisotopic (exact) mass is 429 g/mol. The van der Waals surface area contributed by atoms with Crippen molar-refractivity contribution in [1.82, 2.24) is 10.3 Å². The van der Waals surface area contributed by atoms with Gasteiger partial charge < -0.3 is 14.8 Å². The summed E-state index contributed by atoms with van der Waals surface area (Å²) in [6, 6.07) is 5.70. The van der Waals surface area contributed by atoms with Crippen molar-refractivity contribution in [3.63, 3.8) is 0 Å². The maximum absolute atomic E-state index is 12.3. The van der Waals surface area contributed by atoms with E-state index < -0.39 is 0 Å². The first-order valence-electron chi connectivity index (χ1n) is 10.4. The Hall–Kier alpha value is -2.61. The summed E-state index contributed by atoms with van der Waals surface area (Å²) in [7, 11) is 0. The normalized spacial score (nSPS) is 17.3. The first-order chi connectivity index (χ1) is 14.4. The van der Waals surface area contributed by atoms with E-state index in [2.05, 4.69) is 15.6 Å². The summed E-state index contributed by atoms with van der Waals surface area (Å²) in [6.45, 7) is 4.57. The predicted octanol–water partition coefficient (Wildman–Crippen LogP) is 3.79. The van der Waals surface area contributed by atoms with E-state index in [1.807, 2.05) is 26.0 Å². The first-order valence-corrected chi connectivity index (χ1v) is 11.2. The fourth-order valence-electron chi connectivity index (χ4n) is 3.98. The summed E-state index contributed by atoms with van der Waals surface area (Å²) in [5.74, 6) is 1.29. The topological polar surface area (TPSA) is 89.5 Å². The summed E-state index contributed by atoms with van der Waals surface area (Å²) in [5, 5.41) is 7.66. The van der Waals surface area contributed by atoms with E-state index in [1.165, 1.54) is 37.0 Å².